The molecule has 0 radical (unpaired) electrons. The molecule has 0 aliphatic rings. The quantitative estimate of drug-likeness (QED) is 0.678. The highest BCUT2D eigenvalue weighted by atomic mass is 79.9. The number of aliphatic carboxylic acids is 1. The molecule has 3 nitrogen and oxygen atoms in total. The van der Waals surface area contributed by atoms with Gasteiger partial charge in [0.2, 0.25) is 0 Å². The maximum absolute atomic E-state index is 10.7. The average Bonchev–Trinajstić information content (AvgIpc) is 2.81. The summed E-state index contributed by atoms with van der Waals surface area (Å²) in [7, 11) is 2.00. The fourth-order valence-corrected chi connectivity index (χ4v) is 3.81. The number of thiophene rings is 1. The normalized spacial score (nSPS) is 11.0. The van der Waals surface area contributed by atoms with Gasteiger partial charge in [0.25, 0.3) is 0 Å². The molecule has 0 fully saturated rings. The van der Waals surface area contributed by atoms with Gasteiger partial charge in [0.1, 0.15) is 0 Å². The number of anilines is 1. The van der Waals surface area contributed by atoms with Crippen molar-refractivity contribution in [3.05, 3.63) is 55.1 Å². The molecule has 1 aromatic heterocycles. The molecule has 0 aliphatic carbocycles. The number of carbonyl (C=O) groups is 1. The van der Waals surface area contributed by atoms with Crippen molar-refractivity contribution >= 4 is 60.9 Å². The van der Waals surface area contributed by atoms with Crippen LogP contribution in [0, 0.1) is 0 Å². The van der Waals surface area contributed by atoms with Gasteiger partial charge in [0.15, 0.2) is 0 Å². The molecule has 0 spiro atoms. The second-order valence-corrected chi connectivity index (χ2v) is 7.29. The third kappa shape index (κ3) is 4.69. The predicted octanol–water partition coefficient (Wildman–Crippen LogP) is 5.01. The average molecular weight is 431 g/mol. The zero-order chi connectivity index (χ0) is 15.4. The summed E-state index contributed by atoms with van der Waals surface area (Å²) >= 11 is 8.56. The second kappa shape index (κ2) is 7.24. The molecule has 0 aliphatic heterocycles. The van der Waals surface area contributed by atoms with Crippen LogP contribution in [-0.2, 0) is 11.3 Å². The molecule has 2 rings (SSSR count). The van der Waals surface area contributed by atoms with Crippen LogP contribution in [0.1, 0.15) is 10.4 Å². The fraction of sp³-hybridized carbons (Fsp3) is 0.133. The molecule has 1 heterocycles. The Labute approximate surface area is 144 Å². The predicted molar refractivity (Wildman–Crippen MR) is 94.9 cm³/mol. The molecule has 0 bridgehead atoms. The molecule has 0 amide bonds. The number of carboxylic acids is 1. The summed E-state index contributed by atoms with van der Waals surface area (Å²) in [5.74, 6) is -0.953. The SMILES string of the molecule is CN(Cc1cc(Br)cs1)c1ccc(Br)cc1/C=C/C(=O)O. The molecule has 2 aromatic rings. The van der Waals surface area contributed by atoms with Crippen LogP contribution >= 0.6 is 43.2 Å². The largest absolute Gasteiger partial charge is 0.478 e. The van der Waals surface area contributed by atoms with E-state index in [1.54, 1.807) is 17.4 Å². The zero-order valence-electron chi connectivity index (χ0n) is 11.2. The van der Waals surface area contributed by atoms with Crippen molar-refractivity contribution in [2.45, 2.75) is 6.54 Å². The van der Waals surface area contributed by atoms with Gasteiger partial charge >= 0.3 is 5.97 Å². The van der Waals surface area contributed by atoms with Gasteiger partial charge in [-0.25, -0.2) is 4.79 Å². The Morgan fingerprint density at radius 3 is 2.71 bits per heavy atom. The first-order valence-corrected chi connectivity index (χ1v) is 8.57. The number of rotatable bonds is 5. The van der Waals surface area contributed by atoms with E-state index in [9.17, 15) is 4.79 Å². The molecule has 1 aromatic carbocycles. The van der Waals surface area contributed by atoms with E-state index in [4.69, 9.17) is 5.11 Å². The summed E-state index contributed by atoms with van der Waals surface area (Å²) in [6.07, 6.45) is 2.77. The monoisotopic (exact) mass is 429 g/mol. The van der Waals surface area contributed by atoms with Crippen LogP contribution in [0.4, 0.5) is 5.69 Å². The van der Waals surface area contributed by atoms with E-state index >= 15 is 0 Å². The van der Waals surface area contributed by atoms with Crippen molar-refractivity contribution < 1.29 is 9.90 Å². The highest BCUT2D eigenvalue weighted by Crippen LogP contribution is 2.28. The first kappa shape index (κ1) is 16.3. The number of nitrogens with zero attached hydrogens (tertiary/aromatic N) is 1. The second-order valence-electron chi connectivity index (χ2n) is 4.46. The Hall–Kier alpha value is -1.11. The number of benzene rings is 1. The first-order valence-electron chi connectivity index (χ1n) is 6.10. The summed E-state index contributed by atoms with van der Waals surface area (Å²) in [6.45, 7) is 0.770. The number of halogens is 2. The van der Waals surface area contributed by atoms with Crippen LogP contribution in [0.15, 0.2) is 44.7 Å². The lowest BCUT2D eigenvalue weighted by atomic mass is 10.1. The van der Waals surface area contributed by atoms with Crippen LogP contribution in [-0.4, -0.2) is 18.1 Å². The van der Waals surface area contributed by atoms with E-state index in [0.29, 0.717) is 0 Å². The zero-order valence-corrected chi connectivity index (χ0v) is 15.2. The van der Waals surface area contributed by atoms with Gasteiger partial charge in [-0.2, -0.15) is 0 Å². The molecule has 110 valence electrons. The summed E-state index contributed by atoms with van der Waals surface area (Å²) in [5, 5.41) is 10.8. The van der Waals surface area contributed by atoms with Gasteiger partial charge in [-0.1, -0.05) is 15.9 Å². The smallest absolute Gasteiger partial charge is 0.328 e. The minimum atomic E-state index is -0.953. The highest BCUT2D eigenvalue weighted by Gasteiger charge is 2.09. The highest BCUT2D eigenvalue weighted by molar-refractivity contribution is 9.10. The lowest BCUT2D eigenvalue weighted by Crippen LogP contribution is -2.16. The fourth-order valence-electron chi connectivity index (χ4n) is 1.92. The lowest BCUT2D eigenvalue weighted by Gasteiger charge is -2.21. The van der Waals surface area contributed by atoms with Gasteiger partial charge in [-0.3, -0.25) is 0 Å². The summed E-state index contributed by atoms with van der Waals surface area (Å²) < 4.78 is 2.00. The topological polar surface area (TPSA) is 40.5 Å². The molecule has 0 saturated carbocycles. The molecule has 0 saturated heterocycles. The lowest BCUT2D eigenvalue weighted by molar-refractivity contribution is -0.131. The minimum Gasteiger partial charge on any atom is -0.478 e. The van der Waals surface area contributed by atoms with Crippen molar-refractivity contribution in [1.29, 1.82) is 0 Å². The van der Waals surface area contributed by atoms with E-state index in [-0.39, 0.29) is 0 Å². The molecule has 21 heavy (non-hydrogen) atoms. The molecule has 0 atom stereocenters. The summed E-state index contributed by atoms with van der Waals surface area (Å²) in [6, 6.07) is 7.94. The van der Waals surface area contributed by atoms with Gasteiger partial charge < -0.3 is 10.0 Å². The van der Waals surface area contributed by atoms with Gasteiger partial charge in [-0.15, -0.1) is 11.3 Å². The van der Waals surface area contributed by atoms with Gasteiger partial charge in [0, 0.05) is 38.0 Å². The van der Waals surface area contributed by atoms with Crippen LogP contribution in [0.2, 0.25) is 0 Å². The van der Waals surface area contributed by atoms with Crippen molar-refractivity contribution in [2.75, 3.05) is 11.9 Å². The van der Waals surface area contributed by atoms with Crippen LogP contribution in [0.3, 0.4) is 0 Å². The number of hydrogen-bond acceptors (Lipinski definition) is 3. The Bertz CT molecular complexity index is 682. The summed E-state index contributed by atoms with van der Waals surface area (Å²) in [5.41, 5.74) is 1.85. The Balaban J connectivity index is 2.27. The number of carboxylic acid groups (broad SMARTS) is 1. The van der Waals surface area contributed by atoms with Crippen molar-refractivity contribution in [1.82, 2.24) is 0 Å². The van der Waals surface area contributed by atoms with E-state index in [0.717, 1.165) is 32.8 Å². The third-order valence-electron chi connectivity index (χ3n) is 2.82. The Morgan fingerprint density at radius 1 is 1.33 bits per heavy atom. The van der Waals surface area contributed by atoms with E-state index < -0.39 is 5.97 Å². The van der Waals surface area contributed by atoms with Crippen molar-refractivity contribution in [3.8, 4) is 0 Å². The van der Waals surface area contributed by atoms with E-state index in [1.807, 2.05) is 25.2 Å². The third-order valence-corrected chi connectivity index (χ3v) is 5.00. The maximum Gasteiger partial charge on any atom is 0.328 e. The standard InChI is InChI=1S/C15H13Br2NO2S/c1-18(8-13-7-12(17)9-21-13)14-4-3-11(16)6-10(14)2-5-15(19)20/h2-7,9H,8H2,1H3,(H,19,20)/b5-2+. The molecular weight excluding hydrogens is 418 g/mol. The van der Waals surface area contributed by atoms with Crippen molar-refractivity contribution in [2.24, 2.45) is 0 Å². The number of hydrogen-bond donors (Lipinski definition) is 1. The van der Waals surface area contributed by atoms with Crippen LogP contribution < -0.4 is 4.90 Å². The van der Waals surface area contributed by atoms with E-state index in [2.05, 4.69) is 48.2 Å². The van der Waals surface area contributed by atoms with E-state index in [1.165, 1.54) is 4.88 Å². The van der Waals surface area contributed by atoms with Crippen LogP contribution in [0.5, 0.6) is 0 Å². The van der Waals surface area contributed by atoms with Crippen LogP contribution in [0.25, 0.3) is 6.08 Å². The Morgan fingerprint density at radius 2 is 2.10 bits per heavy atom. The van der Waals surface area contributed by atoms with Crippen molar-refractivity contribution in [3.63, 3.8) is 0 Å². The van der Waals surface area contributed by atoms with Gasteiger partial charge in [0.05, 0.1) is 6.54 Å². The minimum absolute atomic E-state index is 0.770. The first-order chi connectivity index (χ1) is 9.95. The molecule has 1 N–H and O–H groups in total. The van der Waals surface area contributed by atoms with Gasteiger partial charge in [-0.05, 0) is 51.8 Å². The molecule has 6 heteroatoms. The molecular formula is C15H13Br2NO2S. The maximum atomic E-state index is 10.7. The Kier molecular flexibility index (Phi) is 5.61. The summed E-state index contributed by atoms with van der Waals surface area (Å²) in [4.78, 5) is 14.1. The molecule has 0 unspecified atom stereocenters.